The van der Waals surface area contributed by atoms with Gasteiger partial charge in [-0.05, 0) is 44.5 Å². The molecule has 0 amide bonds. The fraction of sp³-hybridized carbons (Fsp3) is 0.429. The first-order valence-electron chi connectivity index (χ1n) is 6.44. The molecule has 1 heterocycles. The molecule has 108 valence electrons. The summed E-state index contributed by atoms with van der Waals surface area (Å²) in [5.74, 6) is 0.879. The second-order valence-corrected chi connectivity index (χ2v) is 5.34. The quantitative estimate of drug-likeness (QED) is 0.917. The molecule has 0 radical (unpaired) electrons. The van der Waals surface area contributed by atoms with E-state index in [1.807, 2.05) is 32.9 Å². The maximum Gasteiger partial charge on any atom is 0.258 e. The van der Waals surface area contributed by atoms with Gasteiger partial charge in [0.25, 0.3) is 5.89 Å². The van der Waals surface area contributed by atoms with E-state index in [1.165, 1.54) is 0 Å². The third kappa shape index (κ3) is 3.56. The van der Waals surface area contributed by atoms with Gasteiger partial charge in [0.15, 0.2) is 5.82 Å². The first-order chi connectivity index (χ1) is 9.47. The predicted molar refractivity (Wildman–Crippen MR) is 77.5 cm³/mol. The number of hydrogen-bond acceptors (Lipinski definition) is 5. The smallest absolute Gasteiger partial charge is 0.258 e. The van der Waals surface area contributed by atoms with Crippen molar-refractivity contribution in [3.05, 3.63) is 34.6 Å². The summed E-state index contributed by atoms with van der Waals surface area (Å²) in [7, 11) is 0. The number of ether oxygens (including phenoxy) is 1. The predicted octanol–water partition coefficient (Wildman–Crippen LogP) is 3.12. The molecule has 2 N–H and O–H groups in total. The first kappa shape index (κ1) is 15.0. The SMILES string of the molecule is Cc1cc(Cl)ccc1-c1nc(C(N)COC(C)C)no1. The molecule has 0 spiro atoms. The summed E-state index contributed by atoms with van der Waals surface area (Å²) in [4.78, 5) is 4.32. The molecular weight excluding hydrogens is 278 g/mol. The van der Waals surface area contributed by atoms with Crippen LogP contribution in [-0.4, -0.2) is 22.9 Å². The van der Waals surface area contributed by atoms with Crippen LogP contribution in [0.5, 0.6) is 0 Å². The normalized spacial score (nSPS) is 12.9. The van der Waals surface area contributed by atoms with Crippen LogP contribution in [0.3, 0.4) is 0 Å². The van der Waals surface area contributed by atoms with Crippen molar-refractivity contribution in [2.24, 2.45) is 5.73 Å². The van der Waals surface area contributed by atoms with Crippen LogP contribution in [0.4, 0.5) is 0 Å². The Labute approximate surface area is 123 Å². The lowest BCUT2D eigenvalue weighted by Gasteiger charge is -2.10. The summed E-state index contributed by atoms with van der Waals surface area (Å²) in [6.07, 6.45) is 0.117. The summed E-state index contributed by atoms with van der Waals surface area (Å²) in [6.45, 7) is 6.19. The zero-order chi connectivity index (χ0) is 14.7. The minimum absolute atomic E-state index is 0.117. The Morgan fingerprint density at radius 2 is 2.15 bits per heavy atom. The van der Waals surface area contributed by atoms with Crippen LogP contribution < -0.4 is 5.73 Å². The molecule has 2 rings (SSSR count). The van der Waals surface area contributed by atoms with Crippen molar-refractivity contribution in [1.82, 2.24) is 10.1 Å². The van der Waals surface area contributed by atoms with Crippen LogP contribution in [0.15, 0.2) is 22.7 Å². The number of rotatable bonds is 5. The van der Waals surface area contributed by atoms with Crippen LogP contribution in [0.1, 0.15) is 31.3 Å². The van der Waals surface area contributed by atoms with E-state index in [0.717, 1.165) is 11.1 Å². The van der Waals surface area contributed by atoms with Crippen LogP contribution in [0.25, 0.3) is 11.5 Å². The van der Waals surface area contributed by atoms with E-state index in [1.54, 1.807) is 6.07 Å². The third-order valence-corrected chi connectivity index (χ3v) is 3.04. The fourth-order valence-electron chi connectivity index (χ4n) is 1.73. The van der Waals surface area contributed by atoms with Crippen LogP contribution >= 0.6 is 11.6 Å². The molecular formula is C14H18ClN3O2. The van der Waals surface area contributed by atoms with E-state index in [2.05, 4.69) is 10.1 Å². The number of aromatic nitrogens is 2. The van der Waals surface area contributed by atoms with Gasteiger partial charge in [0.1, 0.15) is 0 Å². The zero-order valence-electron chi connectivity index (χ0n) is 11.8. The number of halogens is 1. The topological polar surface area (TPSA) is 74.2 Å². The van der Waals surface area contributed by atoms with E-state index < -0.39 is 6.04 Å². The Hall–Kier alpha value is -1.43. The highest BCUT2D eigenvalue weighted by molar-refractivity contribution is 6.30. The molecule has 1 aromatic carbocycles. The number of aryl methyl sites for hydroxylation is 1. The van der Waals surface area contributed by atoms with E-state index in [-0.39, 0.29) is 6.10 Å². The van der Waals surface area contributed by atoms with Crippen molar-refractivity contribution in [1.29, 1.82) is 0 Å². The van der Waals surface area contributed by atoms with Crippen molar-refractivity contribution in [2.75, 3.05) is 6.61 Å². The number of benzene rings is 1. The molecule has 0 fully saturated rings. The van der Waals surface area contributed by atoms with Crippen LogP contribution in [-0.2, 0) is 4.74 Å². The highest BCUT2D eigenvalue weighted by Crippen LogP contribution is 2.25. The Kier molecular flexibility index (Phi) is 4.75. The van der Waals surface area contributed by atoms with E-state index in [4.69, 9.17) is 26.6 Å². The van der Waals surface area contributed by atoms with Crippen molar-refractivity contribution in [3.8, 4) is 11.5 Å². The van der Waals surface area contributed by atoms with Gasteiger partial charge in [0, 0.05) is 10.6 Å². The molecule has 0 aliphatic rings. The third-order valence-electron chi connectivity index (χ3n) is 2.80. The van der Waals surface area contributed by atoms with E-state index >= 15 is 0 Å². The monoisotopic (exact) mass is 295 g/mol. The Morgan fingerprint density at radius 3 is 2.80 bits per heavy atom. The number of nitrogens with two attached hydrogens (primary N) is 1. The Morgan fingerprint density at radius 1 is 1.40 bits per heavy atom. The van der Waals surface area contributed by atoms with Crippen molar-refractivity contribution >= 4 is 11.6 Å². The first-order valence-corrected chi connectivity index (χ1v) is 6.82. The largest absolute Gasteiger partial charge is 0.377 e. The lowest BCUT2D eigenvalue weighted by Crippen LogP contribution is -2.20. The summed E-state index contributed by atoms with van der Waals surface area (Å²) in [5, 5.41) is 4.58. The van der Waals surface area contributed by atoms with Gasteiger partial charge < -0.3 is 15.0 Å². The highest BCUT2D eigenvalue weighted by Gasteiger charge is 2.17. The average molecular weight is 296 g/mol. The molecule has 1 aromatic heterocycles. The lowest BCUT2D eigenvalue weighted by molar-refractivity contribution is 0.0665. The average Bonchev–Trinajstić information content (AvgIpc) is 2.85. The van der Waals surface area contributed by atoms with Crippen molar-refractivity contribution < 1.29 is 9.26 Å². The van der Waals surface area contributed by atoms with Gasteiger partial charge in [-0.15, -0.1) is 0 Å². The minimum atomic E-state index is -0.400. The van der Waals surface area contributed by atoms with E-state index in [0.29, 0.717) is 23.3 Å². The summed E-state index contributed by atoms with van der Waals surface area (Å²) >= 11 is 5.93. The maximum atomic E-state index is 5.97. The van der Waals surface area contributed by atoms with E-state index in [9.17, 15) is 0 Å². The van der Waals surface area contributed by atoms with Gasteiger partial charge in [0.05, 0.1) is 18.8 Å². The molecule has 1 atom stereocenters. The number of nitrogens with zero attached hydrogens (tertiary/aromatic N) is 2. The summed E-state index contributed by atoms with van der Waals surface area (Å²) < 4.78 is 10.7. The molecule has 0 saturated heterocycles. The molecule has 20 heavy (non-hydrogen) atoms. The molecule has 1 unspecified atom stereocenters. The fourth-order valence-corrected chi connectivity index (χ4v) is 1.96. The Balaban J connectivity index is 2.16. The van der Waals surface area contributed by atoms with Gasteiger partial charge in [-0.1, -0.05) is 16.8 Å². The van der Waals surface area contributed by atoms with Gasteiger partial charge in [0.2, 0.25) is 0 Å². The standard InChI is InChI=1S/C14H18ClN3O2/c1-8(2)19-7-12(16)13-17-14(20-18-13)11-5-4-10(15)6-9(11)3/h4-6,8,12H,7,16H2,1-3H3. The summed E-state index contributed by atoms with van der Waals surface area (Å²) in [5.41, 5.74) is 7.79. The molecule has 6 heteroatoms. The zero-order valence-corrected chi connectivity index (χ0v) is 12.5. The van der Waals surface area contributed by atoms with Crippen LogP contribution in [0.2, 0.25) is 5.02 Å². The van der Waals surface area contributed by atoms with Crippen LogP contribution in [0, 0.1) is 6.92 Å². The van der Waals surface area contributed by atoms with Gasteiger partial charge in [-0.2, -0.15) is 4.98 Å². The molecule has 5 nitrogen and oxygen atoms in total. The van der Waals surface area contributed by atoms with Gasteiger partial charge in [-0.3, -0.25) is 0 Å². The molecule has 0 bridgehead atoms. The maximum absolute atomic E-state index is 5.97. The number of hydrogen-bond donors (Lipinski definition) is 1. The molecule has 2 aromatic rings. The minimum Gasteiger partial charge on any atom is -0.377 e. The van der Waals surface area contributed by atoms with Gasteiger partial charge >= 0.3 is 0 Å². The molecule has 0 aliphatic heterocycles. The second kappa shape index (κ2) is 6.35. The Bertz CT molecular complexity index is 584. The summed E-state index contributed by atoms with van der Waals surface area (Å²) in [6, 6.07) is 5.09. The molecule has 0 saturated carbocycles. The second-order valence-electron chi connectivity index (χ2n) is 4.91. The highest BCUT2D eigenvalue weighted by atomic mass is 35.5. The molecule has 0 aliphatic carbocycles. The van der Waals surface area contributed by atoms with Gasteiger partial charge in [-0.25, -0.2) is 0 Å². The van der Waals surface area contributed by atoms with Crippen molar-refractivity contribution in [2.45, 2.75) is 32.9 Å². The lowest BCUT2D eigenvalue weighted by atomic mass is 10.1. The van der Waals surface area contributed by atoms with Crippen molar-refractivity contribution in [3.63, 3.8) is 0 Å².